The molecule has 0 spiro atoms. The number of rotatable bonds is 3. The van der Waals surface area contributed by atoms with Crippen molar-refractivity contribution in [3.8, 4) is 0 Å². The van der Waals surface area contributed by atoms with Crippen molar-refractivity contribution in [1.29, 1.82) is 0 Å². The molecule has 112 valence electrons. The van der Waals surface area contributed by atoms with Crippen LogP contribution in [0.2, 0.25) is 0 Å². The summed E-state index contributed by atoms with van der Waals surface area (Å²) in [7, 11) is 0. The van der Waals surface area contributed by atoms with E-state index in [-0.39, 0.29) is 17.7 Å². The fourth-order valence-electron chi connectivity index (χ4n) is 1.72. The summed E-state index contributed by atoms with van der Waals surface area (Å²) >= 11 is 0. The number of oxime groups is 1. The highest BCUT2D eigenvalue weighted by Crippen LogP contribution is 2.28. The van der Waals surface area contributed by atoms with E-state index in [1.807, 2.05) is 0 Å². The van der Waals surface area contributed by atoms with Gasteiger partial charge in [0.2, 0.25) is 0 Å². The molecule has 1 heterocycles. The Kier molecular flexibility index (Phi) is 3.83. The van der Waals surface area contributed by atoms with Crippen LogP contribution in [0.25, 0.3) is 0 Å². The number of benzene rings is 1. The smallest absolute Gasteiger partial charge is 0.409 e. The number of alkyl halides is 3. The number of nitrogens with two attached hydrogens (primary N) is 1. The zero-order valence-corrected chi connectivity index (χ0v) is 10.5. The molecule has 1 aromatic heterocycles. The topological polar surface area (TPSA) is 76.4 Å². The van der Waals surface area contributed by atoms with E-state index in [9.17, 15) is 17.6 Å². The summed E-state index contributed by atoms with van der Waals surface area (Å²) in [5.74, 6) is -1.21. The van der Waals surface area contributed by atoms with Crippen molar-refractivity contribution in [3.63, 3.8) is 0 Å². The van der Waals surface area contributed by atoms with Gasteiger partial charge in [-0.15, -0.1) is 0 Å². The largest absolute Gasteiger partial charge is 0.419 e. The molecule has 0 saturated carbocycles. The molecule has 0 atom stereocenters. The Bertz CT molecular complexity index is 678. The summed E-state index contributed by atoms with van der Waals surface area (Å²) in [6.45, 7) is -0.214. The summed E-state index contributed by atoms with van der Waals surface area (Å²) in [5.41, 5.74) is 4.31. The van der Waals surface area contributed by atoms with Crippen LogP contribution >= 0.6 is 0 Å². The molecule has 2 aromatic rings. The number of aromatic nitrogens is 2. The highest BCUT2D eigenvalue weighted by molar-refractivity contribution is 5.97. The highest BCUT2D eigenvalue weighted by Gasteiger charge is 2.32. The summed E-state index contributed by atoms with van der Waals surface area (Å²) < 4.78 is 52.4. The maximum Gasteiger partial charge on any atom is 0.419 e. The van der Waals surface area contributed by atoms with Crippen LogP contribution < -0.4 is 5.73 Å². The quantitative estimate of drug-likeness (QED) is 0.300. The Labute approximate surface area is 116 Å². The molecule has 21 heavy (non-hydrogen) atoms. The van der Waals surface area contributed by atoms with E-state index in [4.69, 9.17) is 10.9 Å². The maximum absolute atomic E-state index is 14.1. The zero-order chi connectivity index (χ0) is 15.6. The number of nitrogens with zero attached hydrogens (tertiary/aromatic N) is 3. The number of hydrogen-bond donors (Lipinski definition) is 2. The van der Waals surface area contributed by atoms with Crippen LogP contribution in [0.3, 0.4) is 0 Å². The summed E-state index contributed by atoms with van der Waals surface area (Å²) in [6, 6.07) is 4.11. The number of halogens is 4. The Morgan fingerprint density at radius 2 is 2.10 bits per heavy atom. The third kappa shape index (κ3) is 3.12. The van der Waals surface area contributed by atoms with Gasteiger partial charge in [0, 0.05) is 11.8 Å². The second-order valence-corrected chi connectivity index (χ2v) is 4.19. The van der Waals surface area contributed by atoms with Crippen molar-refractivity contribution >= 4 is 5.84 Å². The van der Waals surface area contributed by atoms with Gasteiger partial charge in [-0.05, 0) is 6.07 Å². The predicted octanol–water partition coefficient (Wildman–Crippen LogP) is 2.18. The first-order chi connectivity index (χ1) is 9.82. The molecule has 0 aliphatic carbocycles. The van der Waals surface area contributed by atoms with Crippen molar-refractivity contribution < 1.29 is 22.8 Å². The maximum atomic E-state index is 14.1. The summed E-state index contributed by atoms with van der Waals surface area (Å²) in [4.78, 5) is 0. The van der Waals surface area contributed by atoms with E-state index in [1.54, 1.807) is 0 Å². The van der Waals surface area contributed by atoms with E-state index >= 15 is 0 Å². The minimum atomic E-state index is -4.51. The predicted molar refractivity (Wildman–Crippen MR) is 65.2 cm³/mol. The van der Waals surface area contributed by atoms with E-state index in [0.717, 1.165) is 10.9 Å². The van der Waals surface area contributed by atoms with Crippen molar-refractivity contribution in [1.82, 2.24) is 9.78 Å². The van der Waals surface area contributed by atoms with Gasteiger partial charge >= 0.3 is 6.18 Å². The first-order valence-electron chi connectivity index (χ1n) is 5.68. The Hall–Kier alpha value is -2.58. The lowest BCUT2D eigenvalue weighted by molar-refractivity contribution is -0.137. The monoisotopic (exact) mass is 302 g/mol. The Balaban J connectivity index is 2.30. The van der Waals surface area contributed by atoms with E-state index < -0.39 is 23.4 Å². The SMILES string of the molecule is N/C(=N/O)c1cccc(Cn2cc(C(F)(F)F)cn2)c1F. The van der Waals surface area contributed by atoms with Gasteiger partial charge in [-0.3, -0.25) is 4.68 Å². The highest BCUT2D eigenvalue weighted by atomic mass is 19.4. The second-order valence-electron chi connectivity index (χ2n) is 4.19. The molecular formula is C12H10F4N4O. The average molecular weight is 302 g/mol. The number of amidine groups is 1. The fourth-order valence-corrected chi connectivity index (χ4v) is 1.72. The molecule has 0 aliphatic rings. The van der Waals surface area contributed by atoms with Gasteiger partial charge in [0.15, 0.2) is 5.84 Å². The fraction of sp³-hybridized carbons (Fsp3) is 0.167. The normalized spacial score (nSPS) is 12.7. The van der Waals surface area contributed by atoms with Crippen molar-refractivity contribution in [2.45, 2.75) is 12.7 Å². The average Bonchev–Trinajstić information content (AvgIpc) is 2.89. The van der Waals surface area contributed by atoms with Crippen molar-refractivity contribution in [2.24, 2.45) is 10.9 Å². The molecule has 9 heteroatoms. The number of hydrogen-bond acceptors (Lipinski definition) is 3. The Morgan fingerprint density at radius 1 is 1.38 bits per heavy atom. The molecule has 0 aliphatic heterocycles. The van der Waals surface area contributed by atoms with Crippen molar-refractivity contribution in [2.75, 3.05) is 0 Å². The van der Waals surface area contributed by atoms with Gasteiger partial charge < -0.3 is 10.9 Å². The minimum Gasteiger partial charge on any atom is -0.409 e. The van der Waals surface area contributed by atoms with Gasteiger partial charge in [0.1, 0.15) is 5.82 Å². The van der Waals surface area contributed by atoms with Crippen LogP contribution in [-0.2, 0) is 12.7 Å². The molecule has 5 nitrogen and oxygen atoms in total. The zero-order valence-electron chi connectivity index (χ0n) is 10.5. The van der Waals surface area contributed by atoms with E-state index in [1.165, 1.54) is 18.2 Å². The lowest BCUT2D eigenvalue weighted by Gasteiger charge is -2.07. The van der Waals surface area contributed by atoms with Crippen LogP contribution in [-0.4, -0.2) is 20.8 Å². The lowest BCUT2D eigenvalue weighted by Crippen LogP contribution is -2.16. The van der Waals surface area contributed by atoms with Crippen LogP contribution in [0.5, 0.6) is 0 Å². The first-order valence-corrected chi connectivity index (χ1v) is 5.68. The standard InChI is InChI=1S/C12H10F4N4O/c13-10-7(2-1-3-9(10)11(17)19-21)5-20-6-8(4-18-20)12(14,15)16/h1-4,6,21H,5H2,(H2,17,19). The molecule has 0 saturated heterocycles. The molecule has 0 fully saturated rings. The molecule has 0 unspecified atom stereocenters. The van der Waals surface area contributed by atoms with Gasteiger partial charge in [-0.2, -0.15) is 18.3 Å². The minimum absolute atomic E-state index is 0.0657. The second kappa shape index (κ2) is 5.43. The van der Waals surface area contributed by atoms with E-state index in [0.29, 0.717) is 6.20 Å². The molecule has 0 bridgehead atoms. The summed E-state index contributed by atoms with van der Waals surface area (Å²) in [5, 5.41) is 14.8. The van der Waals surface area contributed by atoms with Gasteiger partial charge in [-0.1, -0.05) is 17.3 Å². The molecule has 0 amide bonds. The summed E-state index contributed by atoms with van der Waals surface area (Å²) in [6.07, 6.45) is -3.08. The van der Waals surface area contributed by atoms with E-state index in [2.05, 4.69) is 10.3 Å². The van der Waals surface area contributed by atoms with Gasteiger partial charge in [0.05, 0.1) is 23.9 Å². The lowest BCUT2D eigenvalue weighted by atomic mass is 10.1. The third-order valence-electron chi connectivity index (χ3n) is 2.76. The van der Waals surface area contributed by atoms with Crippen LogP contribution in [0.4, 0.5) is 17.6 Å². The molecule has 0 radical (unpaired) electrons. The Morgan fingerprint density at radius 3 is 2.67 bits per heavy atom. The molecule has 2 rings (SSSR count). The third-order valence-corrected chi connectivity index (χ3v) is 2.76. The molecule has 1 aromatic carbocycles. The van der Waals surface area contributed by atoms with Gasteiger partial charge in [-0.25, -0.2) is 4.39 Å². The van der Waals surface area contributed by atoms with Crippen LogP contribution in [0.1, 0.15) is 16.7 Å². The van der Waals surface area contributed by atoms with Crippen LogP contribution in [0, 0.1) is 5.82 Å². The molecule has 3 N–H and O–H groups in total. The van der Waals surface area contributed by atoms with Gasteiger partial charge in [0.25, 0.3) is 0 Å². The first kappa shape index (κ1) is 14.8. The molecular weight excluding hydrogens is 292 g/mol. The van der Waals surface area contributed by atoms with Crippen LogP contribution in [0.15, 0.2) is 35.7 Å². The van der Waals surface area contributed by atoms with Crippen molar-refractivity contribution in [3.05, 3.63) is 53.1 Å².